The van der Waals surface area contributed by atoms with E-state index in [9.17, 15) is 5.11 Å². The van der Waals surface area contributed by atoms with Crippen LogP contribution in [0.5, 0.6) is 11.5 Å². The molecule has 96 valence electrons. The van der Waals surface area contributed by atoms with Crippen molar-refractivity contribution in [3.8, 4) is 17.6 Å². The Labute approximate surface area is 125 Å². The molecule has 1 N–H and O–H groups in total. The fraction of sp³-hybridized carbons (Fsp3) is 0.133. The molecule has 1 unspecified atom stereocenters. The average molecular weight is 365 g/mol. The number of benzene rings is 2. The van der Waals surface area contributed by atoms with Crippen LogP contribution in [0.25, 0.3) is 0 Å². The molecule has 0 saturated heterocycles. The van der Waals surface area contributed by atoms with Gasteiger partial charge < -0.3 is 9.84 Å². The molecule has 0 aromatic heterocycles. The number of halogens is 1. The third-order valence-electron chi connectivity index (χ3n) is 2.62. The monoisotopic (exact) mass is 365 g/mol. The van der Waals surface area contributed by atoms with Crippen molar-refractivity contribution in [3.63, 3.8) is 0 Å². The Morgan fingerprint density at radius 1 is 1.26 bits per heavy atom. The summed E-state index contributed by atoms with van der Waals surface area (Å²) < 4.78 is 6.84. The van der Waals surface area contributed by atoms with Gasteiger partial charge in [0.25, 0.3) is 0 Å². The van der Waals surface area contributed by atoms with Gasteiger partial charge >= 0.3 is 0 Å². The van der Waals surface area contributed by atoms with Gasteiger partial charge in [-0.2, -0.15) is 5.26 Å². The predicted molar refractivity (Wildman–Crippen MR) is 81.0 cm³/mol. The van der Waals surface area contributed by atoms with Gasteiger partial charge in [0, 0.05) is 9.13 Å². The van der Waals surface area contributed by atoms with Crippen LogP contribution >= 0.6 is 22.6 Å². The van der Waals surface area contributed by atoms with E-state index in [1.807, 2.05) is 24.3 Å². The fourth-order valence-electron chi connectivity index (χ4n) is 1.69. The Kier molecular flexibility index (Phi) is 4.40. The maximum Gasteiger partial charge on any atom is 0.134 e. The molecule has 0 saturated carbocycles. The molecular weight excluding hydrogens is 353 g/mol. The van der Waals surface area contributed by atoms with Gasteiger partial charge in [-0.25, -0.2) is 0 Å². The van der Waals surface area contributed by atoms with E-state index >= 15 is 0 Å². The summed E-state index contributed by atoms with van der Waals surface area (Å²) in [6.07, 6.45) is -0.648. The highest BCUT2D eigenvalue weighted by atomic mass is 127. The molecule has 4 heteroatoms. The van der Waals surface area contributed by atoms with Crippen molar-refractivity contribution in [1.82, 2.24) is 0 Å². The number of aliphatic hydroxyl groups excluding tert-OH is 1. The lowest BCUT2D eigenvalue weighted by Crippen LogP contribution is -1.97. The van der Waals surface area contributed by atoms with Gasteiger partial charge in [0.15, 0.2) is 0 Å². The highest BCUT2D eigenvalue weighted by Gasteiger charge is 2.11. The van der Waals surface area contributed by atoms with Gasteiger partial charge in [-0.15, -0.1) is 0 Å². The molecule has 0 bridgehead atoms. The van der Waals surface area contributed by atoms with Crippen molar-refractivity contribution >= 4 is 22.6 Å². The number of hydrogen-bond acceptors (Lipinski definition) is 3. The SMILES string of the molecule is CC(O)c1ccc(C#N)cc1Oc1cccc(I)c1. The Morgan fingerprint density at radius 3 is 2.68 bits per heavy atom. The highest BCUT2D eigenvalue weighted by molar-refractivity contribution is 14.1. The lowest BCUT2D eigenvalue weighted by atomic mass is 10.1. The third-order valence-corrected chi connectivity index (χ3v) is 3.29. The van der Waals surface area contributed by atoms with Crippen molar-refractivity contribution in [1.29, 1.82) is 5.26 Å². The summed E-state index contributed by atoms with van der Waals surface area (Å²) in [4.78, 5) is 0. The summed E-state index contributed by atoms with van der Waals surface area (Å²) in [5.74, 6) is 1.19. The number of nitrogens with zero attached hydrogens (tertiary/aromatic N) is 1. The van der Waals surface area contributed by atoms with Crippen molar-refractivity contribution < 1.29 is 9.84 Å². The van der Waals surface area contributed by atoms with Gasteiger partial charge in [-0.3, -0.25) is 0 Å². The van der Waals surface area contributed by atoms with Gasteiger partial charge in [-0.1, -0.05) is 12.1 Å². The van der Waals surface area contributed by atoms with E-state index in [0.29, 0.717) is 22.6 Å². The summed E-state index contributed by atoms with van der Waals surface area (Å²) in [5, 5.41) is 18.7. The molecule has 1 atom stereocenters. The maximum absolute atomic E-state index is 9.74. The van der Waals surface area contributed by atoms with E-state index < -0.39 is 6.10 Å². The first kappa shape index (κ1) is 13.8. The fourth-order valence-corrected chi connectivity index (χ4v) is 2.21. The summed E-state index contributed by atoms with van der Waals surface area (Å²) in [6, 6.07) is 14.7. The van der Waals surface area contributed by atoms with Crippen LogP contribution in [0.15, 0.2) is 42.5 Å². The molecule has 19 heavy (non-hydrogen) atoms. The van der Waals surface area contributed by atoms with Crippen molar-refractivity contribution in [2.75, 3.05) is 0 Å². The van der Waals surface area contributed by atoms with Gasteiger partial charge in [0.2, 0.25) is 0 Å². The number of aliphatic hydroxyl groups is 1. The molecule has 0 amide bonds. The van der Waals surface area contributed by atoms with E-state index in [-0.39, 0.29) is 0 Å². The van der Waals surface area contributed by atoms with Crippen LogP contribution in [-0.2, 0) is 0 Å². The molecular formula is C15H12INO2. The normalized spacial score (nSPS) is 11.7. The highest BCUT2D eigenvalue weighted by Crippen LogP contribution is 2.31. The minimum atomic E-state index is -0.648. The van der Waals surface area contributed by atoms with Crippen molar-refractivity contribution in [2.24, 2.45) is 0 Å². The molecule has 2 aromatic rings. The third kappa shape index (κ3) is 3.46. The second-order valence-electron chi connectivity index (χ2n) is 4.10. The minimum Gasteiger partial charge on any atom is -0.457 e. The molecule has 0 aliphatic rings. The topological polar surface area (TPSA) is 53.2 Å². The Balaban J connectivity index is 2.40. The van der Waals surface area contributed by atoms with Crippen LogP contribution in [0.3, 0.4) is 0 Å². The molecule has 0 aliphatic carbocycles. The van der Waals surface area contributed by atoms with Crippen LogP contribution in [0, 0.1) is 14.9 Å². The quantitative estimate of drug-likeness (QED) is 0.837. The second-order valence-corrected chi connectivity index (χ2v) is 5.35. The van der Waals surface area contributed by atoms with Crippen LogP contribution in [-0.4, -0.2) is 5.11 Å². The van der Waals surface area contributed by atoms with Crippen LogP contribution in [0.4, 0.5) is 0 Å². The van der Waals surface area contributed by atoms with Crippen molar-refractivity contribution in [2.45, 2.75) is 13.0 Å². The lowest BCUT2D eigenvalue weighted by Gasteiger charge is -2.13. The zero-order valence-electron chi connectivity index (χ0n) is 10.3. The van der Waals surface area contributed by atoms with Gasteiger partial charge in [0.1, 0.15) is 11.5 Å². The van der Waals surface area contributed by atoms with E-state index in [0.717, 1.165) is 3.57 Å². The van der Waals surface area contributed by atoms with E-state index in [1.54, 1.807) is 25.1 Å². The first-order valence-corrected chi connectivity index (χ1v) is 6.83. The maximum atomic E-state index is 9.74. The molecule has 0 aliphatic heterocycles. The number of ether oxygens (including phenoxy) is 1. The first-order chi connectivity index (χ1) is 9.10. The molecule has 0 spiro atoms. The van der Waals surface area contributed by atoms with Gasteiger partial charge in [-0.05, 0) is 59.8 Å². The zero-order chi connectivity index (χ0) is 13.8. The molecule has 0 heterocycles. The number of rotatable bonds is 3. The van der Waals surface area contributed by atoms with Crippen LogP contribution in [0.2, 0.25) is 0 Å². The number of nitriles is 1. The molecule has 2 aromatic carbocycles. The van der Waals surface area contributed by atoms with E-state index in [1.165, 1.54) is 0 Å². The summed E-state index contributed by atoms with van der Waals surface area (Å²) in [7, 11) is 0. The smallest absolute Gasteiger partial charge is 0.134 e. The zero-order valence-corrected chi connectivity index (χ0v) is 12.5. The average Bonchev–Trinajstić information content (AvgIpc) is 2.38. The predicted octanol–water partition coefficient (Wildman–Crippen LogP) is 4.01. The standard InChI is InChI=1S/C15H12INO2/c1-10(18)14-6-5-11(9-17)7-15(14)19-13-4-2-3-12(16)8-13/h2-8,10,18H,1H3. The first-order valence-electron chi connectivity index (χ1n) is 5.75. The van der Waals surface area contributed by atoms with E-state index in [2.05, 4.69) is 28.7 Å². The number of hydrogen-bond donors (Lipinski definition) is 1. The summed E-state index contributed by atoms with van der Waals surface area (Å²) in [5.41, 5.74) is 1.17. The van der Waals surface area contributed by atoms with Gasteiger partial charge in [0.05, 0.1) is 17.7 Å². The lowest BCUT2D eigenvalue weighted by molar-refractivity contribution is 0.195. The van der Waals surface area contributed by atoms with Crippen LogP contribution < -0.4 is 4.74 Å². The minimum absolute atomic E-state index is 0.505. The second kappa shape index (κ2) is 6.04. The largest absolute Gasteiger partial charge is 0.457 e. The summed E-state index contributed by atoms with van der Waals surface area (Å²) in [6.45, 7) is 1.67. The molecule has 0 radical (unpaired) electrons. The molecule has 0 fully saturated rings. The Hall–Kier alpha value is -1.58. The molecule has 2 rings (SSSR count). The Bertz CT molecular complexity index is 632. The van der Waals surface area contributed by atoms with Crippen LogP contribution in [0.1, 0.15) is 24.2 Å². The Morgan fingerprint density at radius 2 is 2.05 bits per heavy atom. The van der Waals surface area contributed by atoms with Crippen molar-refractivity contribution in [3.05, 3.63) is 57.2 Å². The summed E-state index contributed by atoms with van der Waals surface area (Å²) >= 11 is 2.20. The van der Waals surface area contributed by atoms with E-state index in [4.69, 9.17) is 10.00 Å². The molecule has 3 nitrogen and oxygen atoms in total.